The molecular formula is C41H33N3. The lowest BCUT2D eigenvalue weighted by atomic mass is 10.0. The average Bonchev–Trinajstić information content (AvgIpc) is 3.08. The Bertz CT molecular complexity index is 1950. The minimum Gasteiger partial charge on any atom is -0.310 e. The highest BCUT2D eigenvalue weighted by atomic mass is 15.1. The molecule has 3 heteroatoms. The van der Waals surface area contributed by atoms with E-state index < -0.39 is 0 Å². The Kier molecular flexibility index (Phi) is 8.38. The van der Waals surface area contributed by atoms with E-state index in [4.69, 9.17) is 4.98 Å². The van der Waals surface area contributed by atoms with Gasteiger partial charge in [0, 0.05) is 40.6 Å². The van der Waals surface area contributed by atoms with Crippen LogP contribution in [0.5, 0.6) is 0 Å². The molecule has 0 N–H and O–H groups in total. The first-order valence-electron chi connectivity index (χ1n) is 14.6. The van der Waals surface area contributed by atoms with Gasteiger partial charge in [-0.05, 0) is 95.4 Å². The Balaban J connectivity index is 1.46. The second-order valence-electron chi connectivity index (χ2n) is 10.6. The molecule has 3 nitrogen and oxygen atoms in total. The molecule has 2 heterocycles. The van der Waals surface area contributed by atoms with Gasteiger partial charge in [-0.3, -0.25) is 9.97 Å². The van der Waals surface area contributed by atoms with Crippen LogP contribution in [0.4, 0.5) is 17.1 Å². The predicted molar refractivity (Wildman–Crippen MR) is 186 cm³/mol. The number of allylic oxidation sites excluding steroid dienone is 4. The van der Waals surface area contributed by atoms with E-state index in [-0.39, 0.29) is 0 Å². The van der Waals surface area contributed by atoms with Crippen LogP contribution in [0.3, 0.4) is 0 Å². The smallest absolute Gasteiger partial charge is 0.0708 e. The maximum atomic E-state index is 4.73. The van der Waals surface area contributed by atoms with Crippen LogP contribution in [-0.4, -0.2) is 9.97 Å². The summed E-state index contributed by atoms with van der Waals surface area (Å²) in [6, 6.07) is 44.5. The third-order valence-corrected chi connectivity index (χ3v) is 7.56. The Hall–Kier alpha value is -5.80. The SMILES string of the molecule is C=C/C=C(\C=C)c1ccnc(-c2cccc(N(c3ccc(-c4ccccc4)cc3)c3cccc(-c4cc(C)ccn4)c3)c2)c1. The summed E-state index contributed by atoms with van der Waals surface area (Å²) in [6.45, 7) is 9.91. The highest BCUT2D eigenvalue weighted by molar-refractivity contribution is 5.83. The summed E-state index contributed by atoms with van der Waals surface area (Å²) >= 11 is 0. The van der Waals surface area contributed by atoms with Gasteiger partial charge in [-0.15, -0.1) is 0 Å². The molecule has 0 fully saturated rings. The van der Waals surface area contributed by atoms with Crippen LogP contribution in [0, 0.1) is 6.92 Å². The molecule has 44 heavy (non-hydrogen) atoms. The molecule has 0 aliphatic carbocycles. The first-order valence-corrected chi connectivity index (χ1v) is 14.6. The lowest BCUT2D eigenvalue weighted by molar-refractivity contribution is 1.26. The lowest BCUT2D eigenvalue weighted by Gasteiger charge is -2.26. The van der Waals surface area contributed by atoms with Crippen LogP contribution in [0.25, 0.3) is 39.2 Å². The van der Waals surface area contributed by atoms with Crippen molar-refractivity contribution in [2.24, 2.45) is 0 Å². The van der Waals surface area contributed by atoms with Gasteiger partial charge in [0.15, 0.2) is 0 Å². The van der Waals surface area contributed by atoms with E-state index in [0.29, 0.717) is 0 Å². The fourth-order valence-corrected chi connectivity index (χ4v) is 5.36. The molecule has 0 saturated heterocycles. The van der Waals surface area contributed by atoms with Crippen LogP contribution in [0.2, 0.25) is 0 Å². The Morgan fingerprint density at radius 1 is 0.568 bits per heavy atom. The van der Waals surface area contributed by atoms with Crippen molar-refractivity contribution in [3.05, 3.63) is 182 Å². The molecule has 2 aromatic heterocycles. The summed E-state index contributed by atoms with van der Waals surface area (Å²) in [5.41, 5.74) is 12.6. The van der Waals surface area contributed by atoms with Crippen LogP contribution < -0.4 is 4.90 Å². The molecule has 0 radical (unpaired) electrons. The minimum atomic E-state index is 0.887. The van der Waals surface area contributed by atoms with Gasteiger partial charge in [-0.25, -0.2) is 0 Å². The number of hydrogen-bond donors (Lipinski definition) is 0. The molecule has 0 bridgehead atoms. The van der Waals surface area contributed by atoms with Crippen molar-refractivity contribution in [2.45, 2.75) is 6.92 Å². The fourth-order valence-electron chi connectivity index (χ4n) is 5.36. The van der Waals surface area contributed by atoms with Crippen molar-refractivity contribution in [3.8, 4) is 33.6 Å². The highest BCUT2D eigenvalue weighted by Gasteiger charge is 2.16. The number of benzene rings is 4. The number of pyridine rings is 2. The Morgan fingerprint density at radius 2 is 1.16 bits per heavy atom. The van der Waals surface area contributed by atoms with Crippen LogP contribution in [-0.2, 0) is 0 Å². The molecule has 6 aromatic rings. The van der Waals surface area contributed by atoms with E-state index in [1.807, 2.05) is 42.7 Å². The summed E-state index contributed by atoms with van der Waals surface area (Å²) in [5.74, 6) is 0. The highest BCUT2D eigenvalue weighted by Crippen LogP contribution is 2.38. The molecule has 4 aromatic carbocycles. The third-order valence-electron chi connectivity index (χ3n) is 7.56. The quantitative estimate of drug-likeness (QED) is 0.163. The predicted octanol–water partition coefficient (Wildman–Crippen LogP) is 11.0. The number of nitrogens with zero attached hydrogens (tertiary/aromatic N) is 3. The Labute approximate surface area is 259 Å². The zero-order valence-electron chi connectivity index (χ0n) is 24.8. The monoisotopic (exact) mass is 567 g/mol. The van der Waals surface area contributed by atoms with E-state index in [0.717, 1.165) is 50.7 Å². The summed E-state index contributed by atoms with van der Waals surface area (Å²) in [4.78, 5) is 11.7. The lowest BCUT2D eigenvalue weighted by Crippen LogP contribution is -2.10. The van der Waals surface area contributed by atoms with Crippen LogP contribution in [0.15, 0.2) is 171 Å². The largest absolute Gasteiger partial charge is 0.310 e. The maximum absolute atomic E-state index is 4.73. The molecule has 0 aliphatic heterocycles. The second-order valence-corrected chi connectivity index (χ2v) is 10.6. The summed E-state index contributed by atoms with van der Waals surface area (Å²) in [5, 5.41) is 0. The number of aromatic nitrogens is 2. The number of anilines is 3. The zero-order valence-corrected chi connectivity index (χ0v) is 24.8. The van der Waals surface area contributed by atoms with Gasteiger partial charge in [0.2, 0.25) is 0 Å². The van der Waals surface area contributed by atoms with E-state index in [2.05, 4.69) is 139 Å². The molecular weight excluding hydrogens is 534 g/mol. The number of hydrogen-bond acceptors (Lipinski definition) is 3. The molecule has 0 saturated carbocycles. The standard InChI is InChI=1S/C41H33N3/c1-4-11-31(5-2)34-23-25-43-41(29-34)36-15-10-17-39(28-36)44(37-20-18-33(19-21-37)32-12-7-6-8-13-32)38-16-9-14-35(27-38)40-26-30(3)22-24-42-40/h4-29H,1-2H2,3H3/b31-11+. The molecule has 0 aliphatic rings. The van der Waals surface area contributed by atoms with Gasteiger partial charge in [0.05, 0.1) is 11.4 Å². The number of aryl methyl sites for hydroxylation is 1. The third kappa shape index (κ3) is 6.18. The van der Waals surface area contributed by atoms with Gasteiger partial charge >= 0.3 is 0 Å². The minimum absolute atomic E-state index is 0.887. The fraction of sp³-hybridized carbons (Fsp3) is 0.0244. The van der Waals surface area contributed by atoms with Crippen molar-refractivity contribution >= 4 is 22.6 Å². The normalized spacial score (nSPS) is 11.2. The molecule has 0 amide bonds. The van der Waals surface area contributed by atoms with Gasteiger partial charge in [0.1, 0.15) is 0 Å². The first kappa shape index (κ1) is 28.3. The summed E-state index contributed by atoms with van der Waals surface area (Å²) < 4.78 is 0. The molecule has 6 rings (SSSR count). The maximum Gasteiger partial charge on any atom is 0.0708 e. The molecule has 0 spiro atoms. The van der Waals surface area contributed by atoms with Gasteiger partial charge < -0.3 is 4.90 Å². The van der Waals surface area contributed by atoms with Crippen molar-refractivity contribution in [3.63, 3.8) is 0 Å². The van der Waals surface area contributed by atoms with E-state index >= 15 is 0 Å². The summed E-state index contributed by atoms with van der Waals surface area (Å²) in [7, 11) is 0. The van der Waals surface area contributed by atoms with E-state index in [1.165, 1.54) is 16.7 Å². The molecule has 0 atom stereocenters. The van der Waals surface area contributed by atoms with E-state index in [9.17, 15) is 0 Å². The topological polar surface area (TPSA) is 29.0 Å². The average molecular weight is 568 g/mol. The molecule has 0 unspecified atom stereocenters. The van der Waals surface area contributed by atoms with Gasteiger partial charge in [-0.1, -0.05) is 98.1 Å². The van der Waals surface area contributed by atoms with Crippen molar-refractivity contribution in [1.29, 1.82) is 0 Å². The van der Waals surface area contributed by atoms with Crippen molar-refractivity contribution in [1.82, 2.24) is 9.97 Å². The van der Waals surface area contributed by atoms with Crippen molar-refractivity contribution < 1.29 is 0 Å². The first-order chi connectivity index (χ1) is 21.6. The Morgan fingerprint density at radius 3 is 1.77 bits per heavy atom. The van der Waals surface area contributed by atoms with Crippen molar-refractivity contribution in [2.75, 3.05) is 4.90 Å². The second kappa shape index (κ2) is 13.0. The van der Waals surface area contributed by atoms with Crippen LogP contribution in [0.1, 0.15) is 11.1 Å². The molecule has 212 valence electrons. The van der Waals surface area contributed by atoms with E-state index in [1.54, 1.807) is 6.08 Å². The van der Waals surface area contributed by atoms with Gasteiger partial charge in [-0.2, -0.15) is 0 Å². The zero-order chi connectivity index (χ0) is 30.3. The number of rotatable bonds is 9. The van der Waals surface area contributed by atoms with Crippen LogP contribution >= 0.6 is 0 Å². The van der Waals surface area contributed by atoms with Gasteiger partial charge in [0.25, 0.3) is 0 Å². The summed E-state index contributed by atoms with van der Waals surface area (Å²) in [6.07, 6.45) is 9.28.